The smallest absolute Gasteiger partial charge is 0.410 e. The van der Waals surface area contributed by atoms with E-state index in [2.05, 4.69) is 63.6 Å². The van der Waals surface area contributed by atoms with E-state index in [9.17, 15) is 4.79 Å². The molecule has 0 aromatic heterocycles. The summed E-state index contributed by atoms with van der Waals surface area (Å²) in [4.78, 5) is 21.3. The second-order valence-electron chi connectivity index (χ2n) is 8.41. The third kappa shape index (κ3) is 6.84. The molecule has 28 heavy (non-hydrogen) atoms. The minimum absolute atomic E-state index is 0.0861. The molecule has 1 unspecified atom stereocenters. The van der Waals surface area contributed by atoms with E-state index in [1.807, 2.05) is 31.9 Å². The van der Waals surface area contributed by atoms with Gasteiger partial charge in [0, 0.05) is 48.9 Å². The van der Waals surface area contributed by atoms with E-state index in [4.69, 9.17) is 4.74 Å². The first-order valence-corrected chi connectivity index (χ1v) is 10.3. The van der Waals surface area contributed by atoms with Crippen molar-refractivity contribution in [1.29, 1.82) is 0 Å². The third-order valence-electron chi connectivity index (χ3n) is 4.89. The molecule has 1 fully saturated rings. The minimum Gasteiger partial charge on any atom is -0.444 e. The monoisotopic (exact) mass is 389 g/mol. The highest BCUT2D eigenvalue weighted by Crippen LogP contribution is 2.24. The first-order chi connectivity index (χ1) is 13.0. The highest BCUT2D eigenvalue weighted by atomic mass is 16.6. The molecule has 1 heterocycles. The Bertz CT molecular complexity index is 666. The standard InChI is InChI=1S/C23H39N3O2/c1-10-12-13-24-19(5)21(17(3)11-2)20(6)25-14-15-26(18(4)16-25)22(27)28-23(7,8)9/h11-13,18H,10,14-16H2,1-9H3/b13-12+,17-11-,21-20+,24-19+. The van der Waals surface area contributed by atoms with Crippen LogP contribution in [0.3, 0.4) is 0 Å². The fourth-order valence-corrected chi connectivity index (χ4v) is 3.32. The Hall–Kier alpha value is -2.04. The van der Waals surface area contributed by atoms with Gasteiger partial charge >= 0.3 is 6.09 Å². The number of carbonyl (C=O) groups excluding carboxylic acids is 1. The van der Waals surface area contributed by atoms with Crippen molar-refractivity contribution in [2.24, 2.45) is 4.99 Å². The summed E-state index contributed by atoms with van der Waals surface area (Å²) in [5, 5.41) is 0. The van der Waals surface area contributed by atoms with Gasteiger partial charge in [0.2, 0.25) is 0 Å². The molecule has 1 aliphatic heterocycles. The highest BCUT2D eigenvalue weighted by molar-refractivity contribution is 6.02. The molecule has 5 nitrogen and oxygen atoms in total. The number of hydrogen-bond donors (Lipinski definition) is 0. The fraction of sp³-hybridized carbons (Fsp3) is 0.652. The van der Waals surface area contributed by atoms with Crippen molar-refractivity contribution in [3.8, 4) is 0 Å². The molecule has 1 rings (SSSR count). The van der Waals surface area contributed by atoms with Crippen LogP contribution in [0.5, 0.6) is 0 Å². The molecule has 158 valence electrons. The SMILES string of the molecule is C\C=C(C)/C(C(/C)=N/C=C/CC)=C(/C)N1CCN(C(=O)OC(C)(C)C)C(C)C1. The first kappa shape index (κ1) is 24.0. The van der Waals surface area contributed by atoms with Gasteiger partial charge in [-0.1, -0.05) is 19.1 Å². The number of nitrogens with zero attached hydrogens (tertiary/aromatic N) is 3. The summed E-state index contributed by atoms with van der Waals surface area (Å²) in [6, 6.07) is 0.0861. The Kier molecular flexibility index (Phi) is 8.99. The zero-order valence-corrected chi connectivity index (χ0v) is 19.3. The number of carbonyl (C=O) groups is 1. The molecule has 1 amide bonds. The zero-order valence-electron chi connectivity index (χ0n) is 19.3. The van der Waals surface area contributed by atoms with Crippen LogP contribution in [0.4, 0.5) is 4.79 Å². The highest BCUT2D eigenvalue weighted by Gasteiger charge is 2.31. The number of amides is 1. The van der Waals surface area contributed by atoms with E-state index in [0.29, 0.717) is 6.54 Å². The summed E-state index contributed by atoms with van der Waals surface area (Å²) < 4.78 is 5.56. The normalized spacial score (nSPS) is 20.5. The van der Waals surface area contributed by atoms with Crippen molar-refractivity contribution in [3.05, 3.63) is 35.2 Å². The lowest BCUT2D eigenvalue weighted by atomic mass is 9.99. The molecular weight excluding hydrogens is 350 g/mol. The summed E-state index contributed by atoms with van der Waals surface area (Å²) >= 11 is 0. The third-order valence-corrected chi connectivity index (χ3v) is 4.89. The summed E-state index contributed by atoms with van der Waals surface area (Å²) in [7, 11) is 0. The van der Waals surface area contributed by atoms with Crippen LogP contribution in [0.2, 0.25) is 0 Å². The minimum atomic E-state index is -0.473. The van der Waals surface area contributed by atoms with Crippen molar-refractivity contribution >= 4 is 11.8 Å². The predicted molar refractivity (Wildman–Crippen MR) is 119 cm³/mol. The van der Waals surface area contributed by atoms with Gasteiger partial charge < -0.3 is 14.5 Å². The maximum atomic E-state index is 12.5. The van der Waals surface area contributed by atoms with Gasteiger partial charge in [-0.15, -0.1) is 0 Å². The molecule has 1 aliphatic rings. The maximum Gasteiger partial charge on any atom is 0.410 e. The van der Waals surface area contributed by atoms with Crippen LogP contribution in [0.1, 0.15) is 68.7 Å². The first-order valence-electron chi connectivity index (χ1n) is 10.3. The van der Waals surface area contributed by atoms with Crippen molar-refractivity contribution in [2.75, 3.05) is 19.6 Å². The summed E-state index contributed by atoms with van der Waals surface area (Å²) in [6.45, 7) is 20.5. The van der Waals surface area contributed by atoms with Gasteiger partial charge in [-0.3, -0.25) is 4.99 Å². The van der Waals surface area contributed by atoms with E-state index >= 15 is 0 Å². The van der Waals surface area contributed by atoms with E-state index in [1.165, 1.54) is 16.8 Å². The van der Waals surface area contributed by atoms with Crippen molar-refractivity contribution in [1.82, 2.24) is 9.80 Å². The number of piperazine rings is 1. The predicted octanol–water partition coefficient (Wildman–Crippen LogP) is 5.55. The molecular formula is C23H39N3O2. The van der Waals surface area contributed by atoms with E-state index in [-0.39, 0.29) is 12.1 Å². The lowest BCUT2D eigenvalue weighted by Crippen LogP contribution is -2.54. The van der Waals surface area contributed by atoms with Gasteiger partial charge in [-0.25, -0.2) is 4.79 Å². The van der Waals surface area contributed by atoms with Gasteiger partial charge in [-0.05, 0) is 67.4 Å². The molecule has 0 aliphatic carbocycles. The fourth-order valence-electron chi connectivity index (χ4n) is 3.32. The number of allylic oxidation sites excluding steroid dienone is 5. The largest absolute Gasteiger partial charge is 0.444 e. The maximum absolute atomic E-state index is 12.5. The van der Waals surface area contributed by atoms with E-state index in [1.54, 1.807) is 0 Å². The van der Waals surface area contributed by atoms with Crippen molar-refractivity contribution < 1.29 is 9.53 Å². The average molecular weight is 390 g/mol. The quantitative estimate of drug-likeness (QED) is 0.457. The van der Waals surface area contributed by atoms with Gasteiger partial charge in [0.15, 0.2) is 0 Å². The Balaban J connectivity index is 3.06. The second kappa shape index (κ2) is 10.5. The lowest BCUT2D eigenvalue weighted by Gasteiger charge is -2.42. The Labute approximate surface area is 171 Å². The van der Waals surface area contributed by atoms with Gasteiger partial charge in [0.05, 0.1) is 0 Å². The Morgan fingerprint density at radius 3 is 2.36 bits per heavy atom. The van der Waals surface area contributed by atoms with Crippen LogP contribution < -0.4 is 0 Å². The lowest BCUT2D eigenvalue weighted by molar-refractivity contribution is 0.00494. The van der Waals surface area contributed by atoms with E-state index < -0.39 is 5.60 Å². The molecule has 0 N–H and O–H groups in total. The van der Waals surface area contributed by atoms with Crippen LogP contribution in [0.25, 0.3) is 0 Å². The molecule has 0 bridgehead atoms. The average Bonchev–Trinajstić information content (AvgIpc) is 2.60. The Morgan fingerprint density at radius 2 is 1.86 bits per heavy atom. The molecule has 1 saturated heterocycles. The molecule has 0 spiro atoms. The van der Waals surface area contributed by atoms with Crippen molar-refractivity contribution in [2.45, 2.75) is 80.4 Å². The van der Waals surface area contributed by atoms with Crippen LogP contribution in [-0.2, 0) is 4.74 Å². The number of ether oxygens (including phenoxy) is 1. The van der Waals surface area contributed by atoms with Crippen LogP contribution in [0.15, 0.2) is 40.2 Å². The molecule has 0 aromatic carbocycles. The molecule has 0 saturated carbocycles. The summed E-state index contributed by atoms with van der Waals surface area (Å²) in [6.07, 6.45) is 6.81. The van der Waals surface area contributed by atoms with Gasteiger partial charge in [-0.2, -0.15) is 0 Å². The molecule has 1 atom stereocenters. The number of aliphatic imine (C=N–C) groups is 1. The summed E-state index contributed by atoms with van der Waals surface area (Å²) in [5.41, 5.74) is 4.14. The van der Waals surface area contributed by atoms with Crippen molar-refractivity contribution in [3.63, 3.8) is 0 Å². The molecule has 0 aromatic rings. The van der Waals surface area contributed by atoms with Crippen LogP contribution >= 0.6 is 0 Å². The number of rotatable bonds is 5. The Morgan fingerprint density at radius 1 is 1.21 bits per heavy atom. The topological polar surface area (TPSA) is 45.1 Å². The van der Waals surface area contributed by atoms with E-state index in [0.717, 1.165) is 25.2 Å². The van der Waals surface area contributed by atoms with Gasteiger partial charge in [0.25, 0.3) is 0 Å². The second-order valence-corrected chi connectivity index (χ2v) is 8.41. The van der Waals surface area contributed by atoms with Gasteiger partial charge in [0.1, 0.15) is 5.60 Å². The molecule has 5 heteroatoms. The number of hydrogen-bond acceptors (Lipinski definition) is 4. The molecule has 0 radical (unpaired) electrons. The van der Waals surface area contributed by atoms with Crippen LogP contribution in [-0.4, -0.2) is 52.9 Å². The zero-order chi connectivity index (χ0) is 21.5. The summed E-state index contributed by atoms with van der Waals surface area (Å²) in [5.74, 6) is 0. The van der Waals surface area contributed by atoms with Crippen LogP contribution in [0, 0.1) is 0 Å².